The first-order chi connectivity index (χ1) is 24.8. The number of nitrogens with one attached hydrogen (secondary N) is 1. The molecule has 0 aromatic carbocycles. The van der Waals surface area contributed by atoms with Gasteiger partial charge in [-0.1, -0.05) is 140 Å². The molecular formula is C46H86N2O2. The summed E-state index contributed by atoms with van der Waals surface area (Å²) >= 11 is 0. The average Bonchev–Trinajstić information content (AvgIpc) is 3.13. The number of rotatable bonds is 37. The maximum Gasteiger partial charge on any atom is 0.0642 e. The second-order valence-electron chi connectivity index (χ2n) is 15.2. The number of piperidine rings is 1. The Labute approximate surface area is 313 Å². The molecule has 0 bridgehead atoms. The molecule has 1 rings (SSSR count). The minimum absolute atomic E-state index is 0.309. The number of hydrogen-bond acceptors (Lipinski definition) is 4. The number of likely N-dealkylation sites (tertiary alicyclic amines) is 1. The molecule has 1 fully saturated rings. The van der Waals surface area contributed by atoms with E-state index in [0.29, 0.717) is 6.04 Å². The van der Waals surface area contributed by atoms with Crippen LogP contribution in [0.3, 0.4) is 0 Å². The molecule has 1 N–H and O–H groups in total. The van der Waals surface area contributed by atoms with Crippen molar-refractivity contribution in [1.29, 1.82) is 0 Å². The SMILES string of the molecule is CCCCC/C=C\C/C=C\CCCCCCCCOCC(COCCCCCCCC/C=C\C/C=C\CCCCC)NCC1CCN(C)CC1. The monoisotopic (exact) mass is 699 g/mol. The third-order valence-corrected chi connectivity index (χ3v) is 10.2. The van der Waals surface area contributed by atoms with Crippen LogP contribution in [0.4, 0.5) is 0 Å². The van der Waals surface area contributed by atoms with E-state index in [1.807, 2.05) is 0 Å². The maximum atomic E-state index is 6.19. The van der Waals surface area contributed by atoms with Gasteiger partial charge in [0, 0.05) is 13.2 Å². The van der Waals surface area contributed by atoms with Crippen LogP contribution in [0.1, 0.15) is 181 Å². The number of ether oxygens (including phenoxy) is 2. The van der Waals surface area contributed by atoms with Gasteiger partial charge >= 0.3 is 0 Å². The fraction of sp³-hybridized carbons (Fsp3) is 0.826. The van der Waals surface area contributed by atoms with Gasteiger partial charge in [0.1, 0.15) is 0 Å². The molecule has 0 aliphatic carbocycles. The molecule has 0 amide bonds. The quantitative estimate of drug-likeness (QED) is 0.0517. The van der Waals surface area contributed by atoms with E-state index in [4.69, 9.17) is 9.47 Å². The highest BCUT2D eigenvalue weighted by atomic mass is 16.5. The van der Waals surface area contributed by atoms with E-state index in [1.165, 1.54) is 167 Å². The van der Waals surface area contributed by atoms with Gasteiger partial charge in [0.05, 0.1) is 19.3 Å². The van der Waals surface area contributed by atoms with E-state index < -0.39 is 0 Å². The van der Waals surface area contributed by atoms with E-state index in [2.05, 4.69) is 79.7 Å². The third kappa shape index (κ3) is 33.9. The number of unbranched alkanes of at least 4 members (excludes halogenated alkanes) is 18. The summed E-state index contributed by atoms with van der Waals surface area (Å²) in [6, 6.07) is 0.309. The largest absolute Gasteiger partial charge is 0.380 e. The second kappa shape index (κ2) is 39.0. The predicted molar refractivity (Wildman–Crippen MR) is 222 cm³/mol. The van der Waals surface area contributed by atoms with E-state index >= 15 is 0 Å². The Morgan fingerprint density at radius 1 is 0.520 bits per heavy atom. The molecule has 0 radical (unpaired) electrons. The summed E-state index contributed by atoms with van der Waals surface area (Å²) in [5.74, 6) is 0.786. The number of nitrogens with zero attached hydrogens (tertiary/aromatic N) is 1. The van der Waals surface area contributed by atoms with Crippen molar-refractivity contribution in [3.8, 4) is 0 Å². The highest BCUT2D eigenvalue weighted by molar-refractivity contribution is 4.93. The van der Waals surface area contributed by atoms with Gasteiger partial charge in [-0.2, -0.15) is 0 Å². The molecule has 1 saturated heterocycles. The van der Waals surface area contributed by atoms with Gasteiger partial charge in [-0.15, -0.1) is 0 Å². The van der Waals surface area contributed by atoms with Crippen molar-refractivity contribution in [3.63, 3.8) is 0 Å². The zero-order valence-corrected chi connectivity index (χ0v) is 33.9. The summed E-state index contributed by atoms with van der Waals surface area (Å²) in [6.07, 6.45) is 52.3. The summed E-state index contributed by atoms with van der Waals surface area (Å²) in [6.45, 7) is 11.4. The summed E-state index contributed by atoms with van der Waals surface area (Å²) in [7, 11) is 2.25. The van der Waals surface area contributed by atoms with Crippen molar-refractivity contribution < 1.29 is 9.47 Å². The Morgan fingerprint density at radius 3 is 1.32 bits per heavy atom. The van der Waals surface area contributed by atoms with Crippen molar-refractivity contribution >= 4 is 0 Å². The van der Waals surface area contributed by atoms with Crippen LogP contribution in [0.15, 0.2) is 48.6 Å². The number of hydrogen-bond donors (Lipinski definition) is 1. The molecule has 0 unspecified atom stereocenters. The van der Waals surface area contributed by atoms with E-state index in [-0.39, 0.29) is 0 Å². The minimum atomic E-state index is 0.309. The van der Waals surface area contributed by atoms with Crippen molar-refractivity contribution in [2.24, 2.45) is 5.92 Å². The molecule has 4 nitrogen and oxygen atoms in total. The Balaban J connectivity index is 2.05. The van der Waals surface area contributed by atoms with Crippen LogP contribution in [0.2, 0.25) is 0 Å². The van der Waals surface area contributed by atoms with Gasteiger partial charge in [0.15, 0.2) is 0 Å². The highest BCUT2D eigenvalue weighted by Crippen LogP contribution is 2.15. The molecule has 0 aromatic heterocycles. The van der Waals surface area contributed by atoms with Gasteiger partial charge in [-0.3, -0.25) is 0 Å². The van der Waals surface area contributed by atoms with E-state index in [9.17, 15) is 0 Å². The lowest BCUT2D eigenvalue weighted by molar-refractivity contribution is 0.0503. The molecule has 1 aliphatic heterocycles. The Bertz CT molecular complexity index is 731. The van der Waals surface area contributed by atoms with Gasteiger partial charge in [-0.25, -0.2) is 0 Å². The minimum Gasteiger partial charge on any atom is -0.380 e. The highest BCUT2D eigenvalue weighted by Gasteiger charge is 2.18. The standard InChI is InChI=1S/C46H86N2O2/c1-4-6-8-10-12-14-16-18-20-22-24-26-28-30-32-34-40-49-43-46(47-42-45-36-38-48(3)39-37-45)44-50-41-35-33-31-29-27-25-23-21-19-17-15-13-11-9-7-5-2/h12-15,18-21,45-47H,4-11,16-17,22-44H2,1-3H3/b14-12-,15-13-,20-18-,21-19-. The normalized spacial score (nSPS) is 15.0. The van der Waals surface area contributed by atoms with Gasteiger partial charge in [0.25, 0.3) is 0 Å². The third-order valence-electron chi connectivity index (χ3n) is 10.2. The van der Waals surface area contributed by atoms with Crippen LogP contribution in [0.25, 0.3) is 0 Å². The van der Waals surface area contributed by atoms with Crippen molar-refractivity contribution in [2.45, 2.75) is 187 Å². The first kappa shape index (κ1) is 46.8. The smallest absolute Gasteiger partial charge is 0.0642 e. The average molecular weight is 699 g/mol. The van der Waals surface area contributed by atoms with Crippen LogP contribution in [-0.2, 0) is 9.47 Å². The molecule has 1 heterocycles. The molecule has 292 valence electrons. The Hall–Kier alpha value is -1.20. The van der Waals surface area contributed by atoms with Crippen LogP contribution in [0, 0.1) is 5.92 Å². The first-order valence-electron chi connectivity index (χ1n) is 21.9. The van der Waals surface area contributed by atoms with Crippen molar-refractivity contribution in [3.05, 3.63) is 48.6 Å². The fourth-order valence-electron chi connectivity index (χ4n) is 6.60. The van der Waals surface area contributed by atoms with E-state index in [0.717, 1.165) is 51.7 Å². The zero-order chi connectivity index (χ0) is 35.8. The van der Waals surface area contributed by atoms with E-state index in [1.54, 1.807) is 0 Å². The molecule has 0 saturated carbocycles. The molecule has 1 aliphatic rings. The lowest BCUT2D eigenvalue weighted by Crippen LogP contribution is -2.42. The van der Waals surface area contributed by atoms with Crippen LogP contribution in [0.5, 0.6) is 0 Å². The van der Waals surface area contributed by atoms with Gasteiger partial charge < -0.3 is 19.7 Å². The summed E-state index contributed by atoms with van der Waals surface area (Å²) in [5, 5.41) is 3.83. The van der Waals surface area contributed by atoms with Crippen molar-refractivity contribution in [1.82, 2.24) is 10.2 Å². The fourth-order valence-corrected chi connectivity index (χ4v) is 6.60. The van der Waals surface area contributed by atoms with Crippen LogP contribution < -0.4 is 5.32 Å². The predicted octanol–water partition coefficient (Wildman–Crippen LogP) is 12.9. The number of allylic oxidation sites excluding steroid dienone is 8. The topological polar surface area (TPSA) is 33.7 Å². The Morgan fingerprint density at radius 2 is 0.900 bits per heavy atom. The molecular weight excluding hydrogens is 613 g/mol. The molecule has 50 heavy (non-hydrogen) atoms. The lowest BCUT2D eigenvalue weighted by Gasteiger charge is -2.30. The molecule has 0 aromatic rings. The van der Waals surface area contributed by atoms with Crippen LogP contribution >= 0.6 is 0 Å². The van der Waals surface area contributed by atoms with Crippen LogP contribution in [-0.4, -0.2) is 64.1 Å². The van der Waals surface area contributed by atoms with Gasteiger partial charge in [0.2, 0.25) is 0 Å². The molecule has 4 heteroatoms. The molecule has 0 spiro atoms. The van der Waals surface area contributed by atoms with Gasteiger partial charge in [-0.05, 0) is 122 Å². The lowest BCUT2D eigenvalue weighted by atomic mass is 9.97. The first-order valence-corrected chi connectivity index (χ1v) is 21.9. The zero-order valence-electron chi connectivity index (χ0n) is 33.9. The second-order valence-corrected chi connectivity index (χ2v) is 15.2. The summed E-state index contributed by atoms with van der Waals surface area (Å²) in [5.41, 5.74) is 0. The summed E-state index contributed by atoms with van der Waals surface area (Å²) in [4.78, 5) is 2.46. The summed E-state index contributed by atoms with van der Waals surface area (Å²) < 4.78 is 12.4. The maximum absolute atomic E-state index is 6.19. The molecule has 0 atom stereocenters. The van der Waals surface area contributed by atoms with Crippen molar-refractivity contribution in [2.75, 3.05) is 53.1 Å². The Kier molecular flexibility index (Phi) is 36.5.